The van der Waals surface area contributed by atoms with E-state index in [4.69, 9.17) is 0 Å². The van der Waals surface area contributed by atoms with E-state index in [1.165, 1.54) is 6.92 Å². The summed E-state index contributed by atoms with van der Waals surface area (Å²) in [4.78, 5) is 36.9. The molecule has 0 radical (unpaired) electrons. The smallest absolute Gasteiger partial charge is 0.253 e. The second-order valence-electron chi connectivity index (χ2n) is 4.72. The Balaban J connectivity index is 1.97. The van der Waals surface area contributed by atoms with Gasteiger partial charge in [-0.2, -0.15) is 0 Å². The molecule has 0 atom stereocenters. The van der Waals surface area contributed by atoms with Crippen LogP contribution in [0.4, 0.5) is 0 Å². The first-order valence-electron chi connectivity index (χ1n) is 6.68. The topological polar surface area (TPSA) is 91.1 Å². The zero-order valence-corrected chi connectivity index (χ0v) is 11.7. The Hall–Kier alpha value is -2.63. The summed E-state index contributed by atoms with van der Waals surface area (Å²) in [6.07, 6.45) is 0.186. The molecule has 0 aliphatic rings. The van der Waals surface area contributed by atoms with Crippen molar-refractivity contribution in [3.8, 4) is 0 Å². The van der Waals surface area contributed by atoms with Crippen molar-refractivity contribution in [1.82, 2.24) is 15.6 Å². The van der Waals surface area contributed by atoms with Crippen LogP contribution in [0.5, 0.6) is 0 Å². The molecule has 0 aliphatic carbocycles. The molecule has 21 heavy (non-hydrogen) atoms. The van der Waals surface area contributed by atoms with Crippen molar-refractivity contribution in [1.29, 1.82) is 0 Å². The number of rotatable bonds is 5. The van der Waals surface area contributed by atoms with Crippen LogP contribution in [0.3, 0.4) is 0 Å². The lowest BCUT2D eigenvalue weighted by Crippen LogP contribution is -2.30. The van der Waals surface area contributed by atoms with Crippen LogP contribution in [0.1, 0.15) is 18.9 Å². The molecule has 3 N–H and O–H groups in total. The van der Waals surface area contributed by atoms with Gasteiger partial charge in [-0.05, 0) is 17.5 Å². The van der Waals surface area contributed by atoms with Crippen LogP contribution in [-0.2, 0) is 16.1 Å². The first-order chi connectivity index (χ1) is 10.1. The van der Waals surface area contributed by atoms with Gasteiger partial charge in [-0.1, -0.05) is 18.2 Å². The van der Waals surface area contributed by atoms with Crippen LogP contribution in [0, 0.1) is 0 Å². The predicted octanol–water partition coefficient (Wildman–Crippen LogP) is 0.670. The maximum Gasteiger partial charge on any atom is 0.253 e. The number of carbonyl (C=O) groups excluding carboxylic acids is 2. The lowest BCUT2D eigenvalue weighted by molar-refractivity contribution is -0.121. The molecule has 6 heteroatoms. The van der Waals surface area contributed by atoms with Gasteiger partial charge in [-0.3, -0.25) is 14.4 Å². The lowest BCUT2D eigenvalue weighted by atomic mass is 10.1. The molecule has 0 saturated heterocycles. The molecule has 1 heterocycles. The summed E-state index contributed by atoms with van der Waals surface area (Å²) in [5.41, 5.74) is 1.06. The van der Waals surface area contributed by atoms with E-state index >= 15 is 0 Å². The maximum atomic E-state index is 11.9. The molecule has 2 rings (SSSR count). The van der Waals surface area contributed by atoms with E-state index in [0.29, 0.717) is 5.56 Å². The van der Waals surface area contributed by atoms with Gasteiger partial charge in [0.25, 0.3) is 5.56 Å². The van der Waals surface area contributed by atoms with Crippen molar-refractivity contribution in [2.45, 2.75) is 19.9 Å². The summed E-state index contributed by atoms with van der Waals surface area (Å²) in [6, 6.07) is 9.22. The zero-order valence-electron chi connectivity index (χ0n) is 11.7. The molecule has 0 unspecified atom stereocenters. The number of H-pyrrole nitrogens is 1. The quantitative estimate of drug-likeness (QED) is 0.755. The average Bonchev–Trinajstić information content (AvgIpc) is 2.44. The number of fused-ring (bicyclic) bond motifs is 1. The third kappa shape index (κ3) is 4.17. The van der Waals surface area contributed by atoms with Crippen LogP contribution in [0.15, 0.2) is 35.1 Å². The Kier molecular flexibility index (Phi) is 4.71. The molecule has 0 bridgehead atoms. The van der Waals surface area contributed by atoms with Crippen molar-refractivity contribution in [3.63, 3.8) is 0 Å². The summed E-state index contributed by atoms with van der Waals surface area (Å²) >= 11 is 0. The maximum absolute atomic E-state index is 11.9. The lowest BCUT2D eigenvalue weighted by Gasteiger charge is -2.06. The number of carbonyl (C=O) groups is 2. The van der Waals surface area contributed by atoms with Crippen molar-refractivity contribution < 1.29 is 9.59 Å². The molecule has 1 aromatic carbocycles. The average molecular weight is 287 g/mol. The van der Waals surface area contributed by atoms with Gasteiger partial charge in [-0.15, -0.1) is 0 Å². The number of para-hydroxylation sites is 1. The minimum atomic E-state index is -0.212. The number of aromatic nitrogens is 1. The SMILES string of the molecule is CC(=O)NCCC(=O)NCc1cc2ccccc2[nH]c1=O. The summed E-state index contributed by atoms with van der Waals surface area (Å²) in [7, 11) is 0. The van der Waals surface area contributed by atoms with E-state index in [0.717, 1.165) is 10.9 Å². The van der Waals surface area contributed by atoms with Gasteiger partial charge in [0, 0.05) is 37.5 Å². The van der Waals surface area contributed by atoms with E-state index in [2.05, 4.69) is 15.6 Å². The molecule has 110 valence electrons. The number of aromatic amines is 1. The molecule has 0 fully saturated rings. The molecule has 0 spiro atoms. The first-order valence-corrected chi connectivity index (χ1v) is 6.68. The van der Waals surface area contributed by atoms with E-state index in [-0.39, 0.29) is 36.9 Å². The van der Waals surface area contributed by atoms with E-state index in [9.17, 15) is 14.4 Å². The number of pyridine rings is 1. The van der Waals surface area contributed by atoms with Crippen LogP contribution < -0.4 is 16.2 Å². The highest BCUT2D eigenvalue weighted by atomic mass is 16.2. The Bertz CT molecular complexity index is 721. The molecule has 1 aromatic heterocycles. The van der Waals surface area contributed by atoms with Crippen molar-refractivity contribution in [2.75, 3.05) is 6.54 Å². The molecule has 2 aromatic rings. The number of amides is 2. The second kappa shape index (κ2) is 6.69. The molecular formula is C15H17N3O3. The fourth-order valence-electron chi connectivity index (χ4n) is 1.96. The van der Waals surface area contributed by atoms with Gasteiger partial charge in [0.1, 0.15) is 0 Å². The fraction of sp³-hybridized carbons (Fsp3) is 0.267. The predicted molar refractivity (Wildman–Crippen MR) is 79.7 cm³/mol. The van der Waals surface area contributed by atoms with Crippen molar-refractivity contribution in [3.05, 3.63) is 46.2 Å². The third-order valence-corrected chi connectivity index (χ3v) is 3.03. The minimum Gasteiger partial charge on any atom is -0.356 e. The van der Waals surface area contributed by atoms with Gasteiger partial charge >= 0.3 is 0 Å². The second-order valence-corrected chi connectivity index (χ2v) is 4.72. The summed E-state index contributed by atoms with van der Waals surface area (Å²) < 4.78 is 0. The number of hydrogen-bond donors (Lipinski definition) is 3. The van der Waals surface area contributed by atoms with E-state index in [1.54, 1.807) is 6.07 Å². The van der Waals surface area contributed by atoms with Gasteiger partial charge in [0.05, 0.1) is 0 Å². The van der Waals surface area contributed by atoms with Crippen LogP contribution in [-0.4, -0.2) is 23.3 Å². The first kappa shape index (κ1) is 14.8. The normalized spacial score (nSPS) is 10.3. The Morgan fingerprint density at radius 2 is 1.95 bits per heavy atom. The molecule has 0 saturated carbocycles. The van der Waals surface area contributed by atoms with Crippen LogP contribution in [0.25, 0.3) is 10.9 Å². The van der Waals surface area contributed by atoms with Gasteiger partial charge < -0.3 is 15.6 Å². The zero-order chi connectivity index (χ0) is 15.2. The van der Waals surface area contributed by atoms with Gasteiger partial charge in [-0.25, -0.2) is 0 Å². The standard InChI is InChI=1S/C15H17N3O3/c1-10(19)16-7-6-14(20)17-9-12-8-11-4-2-3-5-13(11)18-15(12)21/h2-5,8H,6-7,9H2,1H3,(H,16,19)(H,17,20)(H,18,21). The minimum absolute atomic E-state index is 0.166. The van der Waals surface area contributed by atoms with Gasteiger partial charge in [0.15, 0.2) is 0 Å². The Labute approximate surface area is 121 Å². The molecular weight excluding hydrogens is 270 g/mol. The monoisotopic (exact) mass is 287 g/mol. The number of benzene rings is 1. The van der Waals surface area contributed by atoms with Gasteiger partial charge in [0.2, 0.25) is 11.8 Å². The Morgan fingerprint density at radius 1 is 1.19 bits per heavy atom. The number of hydrogen-bond acceptors (Lipinski definition) is 3. The van der Waals surface area contributed by atoms with E-state index in [1.807, 2.05) is 24.3 Å². The fourth-order valence-corrected chi connectivity index (χ4v) is 1.96. The van der Waals surface area contributed by atoms with Crippen LogP contribution >= 0.6 is 0 Å². The molecule has 0 aliphatic heterocycles. The summed E-state index contributed by atoms with van der Waals surface area (Å²) in [5, 5.41) is 6.13. The van der Waals surface area contributed by atoms with Crippen molar-refractivity contribution in [2.24, 2.45) is 0 Å². The highest BCUT2D eigenvalue weighted by molar-refractivity contribution is 5.79. The third-order valence-electron chi connectivity index (χ3n) is 3.03. The van der Waals surface area contributed by atoms with Crippen molar-refractivity contribution >= 4 is 22.7 Å². The summed E-state index contributed by atoms with van der Waals surface area (Å²) in [5.74, 6) is -0.384. The highest BCUT2D eigenvalue weighted by Crippen LogP contribution is 2.09. The van der Waals surface area contributed by atoms with E-state index < -0.39 is 0 Å². The largest absolute Gasteiger partial charge is 0.356 e. The number of nitrogens with one attached hydrogen (secondary N) is 3. The van der Waals surface area contributed by atoms with Crippen LogP contribution in [0.2, 0.25) is 0 Å². The molecule has 6 nitrogen and oxygen atoms in total. The summed E-state index contributed by atoms with van der Waals surface area (Å²) in [6.45, 7) is 1.85. The Morgan fingerprint density at radius 3 is 2.71 bits per heavy atom. The molecule has 2 amide bonds. The highest BCUT2D eigenvalue weighted by Gasteiger charge is 2.05.